The maximum atomic E-state index is 11.2. The third-order valence-electron chi connectivity index (χ3n) is 2.07. The molecule has 1 rings (SSSR count). The van der Waals surface area contributed by atoms with E-state index in [2.05, 4.69) is 0 Å². The molecule has 14 heavy (non-hydrogen) atoms. The molecular weight excluding hydrogens is 180 g/mol. The molecule has 0 aromatic carbocycles. The molecule has 76 valence electrons. The van der Waals surface area contributed by atoms with Crippen molar-refractivity contribution < 1.29 is 9.53 Å². The van der Waals surface area contributed by atoms with Gasteiger partial charge in [0.15, 0.2) is 5.57 Å². The molecule has 0 unspecified atom stereocenters. The van der Waals surface area contributed by atoms with Crippen molar-refractivity contribution in [2.45, 2.75) is 19.8 Å². The summed E-state index contributed by atoms with van der Waals surface area (Å²) in [5, 5.41) is 8.74. The number of likely N-dealkylation sites (tertiary alicyclic amines) is 1. The largest absolute Gasteiger partial charge is 0.462 e. The van der Waals surface area contributed by atoms with Gasteiger partial charge in [0, 0.05) is 19.3 Å². The Morgan fingerprint density at radius 3 is 2.71 bits per heavy atom. The standard InChI is InChI=1S/C10H14N2O2/c1-2-14-10(13)9(7-11)8-12-5-3-4-6-12/h8H,2-6H2,1H3/b9-8+. The van der Waals surface area contributed by atoms with E-state index in [0.29, 0.717) is 6.61 Å². The van der Waals surface area contributed by atoms with Crippen molar-refractivity contribution in [3.8, 4) is 6.07 Å². The maximum Gasteiger partial charge on any atom is 0.350 e. The number of ether oxygens (including phenoxy) is 1. The molecule has 0 amide bonds. The highest BCUT2D eigenvalue weighted by atomic mass is 16.5. The van der Waals surface area contributed by atoms with Gasteiger partial charge in [-0.2, -0.15) is 5.26 Å². The molecule has 0 saturated carbocycles. The van der Waals surface area contributed by atoms with Gasteiger partial charge in [0.1, 0.15) is 6.07 Å². The fraction of sp³-hybridized carbons (Fsp3) is 0.600. The number of esters is 1. The van der Waals surface area contributed by atoms with E-state index in [1.165, 1.54) is 0 Å². The van der Waals surface area contributed by atoms with E-state index in [4.69, 9.17) is 10.00 Å². The van der Waals surface area contributed by atoms with E-state index in [1.807, 2.05) is 11.0 Å². The van der Waals surface area contributed by atoms with Crippen molar-refractivity contribution in [3.63, 3.8) is 0 Å². The second-order valence-electron chi connectivity index (χ2n) is 3.12. The number of hydrogen-bond acceptors (Lipinski definition) is 4. The van der Waals surface area contributed by atoms with Gasteiger partial charge >= 0.3 is 5.97 Å². The van der Waals surface area contributed by atoms with Gasteiger partial charge in [0.25, 0.3) is 0 Å². The predicted octanol–water partition coefficient (Wildman–Crippen LogP) is 1.05. The van der Waals surface area contributed by atoms with E-state index in [0.717, 1.165) is 25.9 Å². The lowest BCUT2D eigenvalue weighted by Crippen LogP contribution is -2.15. The first kappa shape index (κ1) is 10.6. The lowest BCUT2D eigenvalue weighted by molar-refractivity contribution is -0.138. The van der Waals surface area contributed by atoms with E-state index in [9.17, 15) is 4.79 Å². The van der Waals surface area contributed by atoms with Crippen LogP contribution in [0.1, 0.15) is 19.8 Å². The Morgan fingerprint density at radius 2 is 2.21 bits per heavy atom. The Bertz CT molecular complexity index is 272. The SMILES string of the molecule is CCOC(=O)/C(C#N)=C/N1CCCC1. The van der Waals surface area contributed by atoms with Gasteiger partial charge in [-0.1, -0.05) is 0 Å². The second kappa shape index (κ2) is 5.28. The smallest absolute Gasteiger partial charge is 0.350 e. The molecule has 0 bridgehead atoms. The van der Waals surface area contributed by atoms with Gasteiger partial charge in [0.05, 0.1) is 6.61 Å². The average molecular weight is 194 g/mol. The Kier molecular flexibility index (Phi) is 3.99. The molecule has 4 heteroatoms. The van der Waals surface area contributed by atoms with E-state index in [1.54, 1.807) is 13.1 Å². The summed E-state index contributed by atoms with van der Waals surface area (Å²) in [6.07, 6.45) is 3.85. The molecule has 0 spiro atoms. The molecule has 0 radical (unpaired) electrons. The molecule has 1 aliphatic heterocycles. The lowest BCUT2D eigenvalue weighted by atomic mass is 10.3. The normalized spacial score (nSPS) is 16.6. The van der Waals surface area contributed by atoms with E-state index in [-0.39, 0.29) is 5.57 Å². The molecule has 0 N–H and O–H groups in total. The summed E-state index contributed by atoms with van der Waals surface area (Å²) < 4.78 is 4.75. The molecule has 1 saturated heterocycles. The topological polar surface area (TPSA) is 53.3 Å². The quantitative estimate of drug-likeness (QED) is 0.383. The van der Waals surface area contributed by atoms with Crippen LogP contribution in [-0.4, -0.2) is 30.6 Å². The highest BCUT2D eigenvalue weighted by molar-refractivity contribution is 5.92. The number of carbonyl (C=O) groups excluding carboxylic acids is 1. The van der Waals surface area contributed by atoms with Crippen LogP contribution in [0.15, 0.2) is 11.8 Å². The summed E-state index contributed by atoms with van der Waals surface area (Å²) in [5.74, 6) is -0.526. The minimum atomic E-state index is -0.526. The Morgan fingerprint density at radius 1 is 1.57 bits per heavy atom. The number of nitrogens with zero attached hydrogens (tertiary/aromatic N) is 2. The van der Waals surface area contributed by atoms with Crippen molar-refractivity contribution >= 4 is 5.97 Å². The molecule has 0 atom stereocenters. The predicted molar refractivity (Wildman–Crippen MR) is 51.1 cm³/mol. The van der Waals surface area contributed by atoms with Crippen molar-refractivity contribution in [1.29, 1.82) is 5.26 Å². The number of nitriles is 1. The molecule has 1 heterocycles. The highest BCUT2D eigenvalue weighted by Gasteiger charge is 2.14. The van der Waals surface area contributed by atoms with E-state index >= 15 is 0 Å². The maximum absolute atomic E-state index is 11.2. The number of rotatable bonds is 3. The fourth-order valence-electron chi connectivity index (χ4n) is 1.39. The molecule has 0 aliphatic carbocycles. The van der Waals surface area contributed by atoms with Crippen LogP contribution in [0, 0.1) is 11.3 Å². The van der Waals surface area contributed by atoms with Crippen LogP contribution in [0.2, 0.25) is 0 Å². The van der Waals surface area contributed by atoms with Gasteiger partial charge in [-0.05, 0) is 19.8 Å². The van der Waals surface area contributed by atoms with Gasteiger partial charge < -0.3 is 9.64 Å². The summed E-state index contributed by atoms with van der Waals surface area (Å²) in [6.45, 7) is 3.87. The van der Waals surface area contributed by atoms with Crippen molar-refractivity contribution in [1.82, 2.24) is 4.90 Å². The average Bonchev–Trinajstić information content (AvgIpc) is 2.66. The van der Waals surface area contributed by atoms with Crippen LogP contribution < -0.4 is 0 Å². The number of hydrogen-bond donors (Lipinski definition) is 0. The molecule has 4 nitrogen and oxygen atoms in total. The molecule has 1 aliphatic rings. The fourth-order valence-corrected chi connectivity index (χ4v) is 1.39. The zero-order valence-electron chi connectivity index (χ0n) is 8.32. The van der Waals surface area contributed by atoms with E-state index < -0.39 is 5.97 Å². The third-order valence-corrected chi connectivity index (χ3v) is 2.07. The second-order valence-corrected chi connectivity index (χ2v) is 3.12. The van der Waals surface area contributed by atoms with Crippen molar-refractivity contribution in [3.05, 3.63) is 11.8 Å². The molecular formula is C10H14N2O2. The first-order chi connectivity index (χ1) is 6.77. The zero-order valence-corrected chi connectivity index (χ0v) is 8.32. The third kappa shape index (κ3) is 2.77. The zero-order chi connectivity index (χ0) is 10.4. The summed E-state index contributed by atoms with van der Waals surface area (Å²) >= 11 is 0. The van der Waals surface area contributed by atoms with Gasteiger partial charge in [-0.3, -0.25) is 0 Å². The van der Waals surface area contributed by atoms with Gasteiger partial charge in [0.2, 0.25) is 0 Å². The minimum absolute atomic E-state index is 0.0914. The van der Waals surface area contributed by atoms with Crippen LogP contribution in [0.4, 0.5) is 0 Å². The highest BCUT2D eigenvalue weighted by Crippen LogP contribution is 2.10. The lowest BCUT2D eigenvalue weighted by Gasteiger charge is -2.11. The van der Waals surface area contributed by atoms with Crippen molar-refractivity contribution in [2.75, 3.05) is 19.7 Å². The van der Waals surface area contributed by atoms with Crippen LogP contribution in [0.5, 0.6) is 0 Å². The summed E-state index contributed by atoms with van der Waals surface area (Å²) in [5.41, 5.74) is 0.0914. The summed E-state index contributed by atoms with van der Waals surface area (Å²) in [6, 6.07) is 1.86. The molecule has 1 fully saturated rings. The van der Waals surface area contributed by atoms with Crippen LogP contribution in [0.3, 0.4) is 0 Å². The minimum Gasteiger partial charge on any atom is -0.462 e. The number of carbonyl (C=O) groups is 1. The monoisotopic (exact) mass is 194 g/mol. The Balaban J connectivity index is 2.60. The Labute approximate surface area is 83.8 Å². The Hall–Kier alpha value is -1.50. The van der Waals surface area contributed by atoms with Crippen LogP contribution in [-0.2, 0) is 9.53 Å². The van der Waals surface area contributed by atoms with Crippen LogP contribution in [0.25, 0.3) is 0 Å². The van der Waals surface area contributed by atoms with Crippen molar-refractivity contribution in [2.24, 2.45) is 0 Å². The summed E-state index contributed by atoms with van der Waals surface area (Å²) in [7, 11) is 0. The molecule has 0 aromatic heterocycles. The summed E-state index contributed by atoms with van der Waals surface area (Å²) in [4.78, 5) is 13.2. The van der Waals surface area contributed by atoms with Gasteiger partial charge in [-0.25, -0.2) is 4.79 Å². The first-order valence-corrected chi connectivity index (χ1v) is 4.81. The van der Waals surface area contributed by atoms with Gasteiger partial charge in [-0.15, -0.1) is 0 Å². The van der Waals surface area contributed by atoms with Crippen LogP contribution >= 0.6 is 0 Å². The first-order valence-electron chi connectivity index (χ1n) is 4.81. The molecule has 0 aromatic rings.